The molecule has 0 aromatic heterocycles. The van der Waals surface area contributed by atoms with E-state index in [4.69, 9.17) is 4.74 Å². The van der Waals surface area contributed by atoms with E-state index >= 15 is 0 Å². The summed E-state index contributed by atoms with van der Waals surface area (Å²) in [5.41, 5.74) is 0.587. The number of carbonyl (C=O) groups is 2. The van der Waals surface area contributed by atoms with Crippen molar-refractivity contribution in [3.05, 3.63) is 29.8 Å². The third kappa shape index (κ3) is 5.95. The van der Waals surface area contributed by atoms with E-state index < -0.39 is 0 Å². The van der Waals surface area contributed by atoms with Crippen molar-refractivity contribution in [3.63, 3.8) is 0 Å². The molecule has 0 radical (unpaired) electrons. The van der Waals surface area contributed by atoms with Crippen molar-refractivity contribution in [3.8, 4) is 5.75 Å². The number of ether oxygens (including phenoxy) is 1. The molecule has 5 heteroatoms. The molecular weight excluding hydrogens is 268 g/mol. The van der Waals surface area contributed by atoms with Gasteiger partial charge < -0.3 is 10.1 Å². The predicted octanol–water partition coefficient (Wildman–Crippen LogP) is 1.73. The van der Waals surface area contributed by atoms with Gasteiger partial charge in [0.1, 0.15) is 12.4 Å². The molecule has 1 aromatic rings. The summed E-state index contributed by atoms with van der Waals surface area (Å²) in [5.74, 6) is 0.600. The van der Waals surface area contributed by atoms with E-state index in [0.717, 1.165) is 6.54 Å². The lowest BCUT2D eigenvalue weighted by molar-refractivity contribution is -0.122. The van der Waals surface area contributed by atoms with E-state index in [1.165, 1.54) is 6.92 Å². The van der Waals surface area contributed by atoms with Gasteiger partial charge in [0.25, 0.3) is 0 Å². The summed E-state index contributed by atoms with van der Waals surface area (Å²) in [6.07, 6.45) is 0. The van der Waals surface area contributed by atoms with Crippen molar-refractivity contribution in [1.82, 2.24) is 10.2 Å². The van der Waals surface area contributed by atoms with Crippen LogP contribution in [-0.2, 0) is 4.79 Å². The first-order valence-corrected chi connectivity index (χ1v) is 7.30. The normalized spacial score (nSPS) is 10.5. The van der Waals surface area contributed by atoms with Crippen LogP contribution in [0.3, 0.4) is 0 Å². The topological polar surface area (TPSA) is 58.6 Å². The van der Waals surface area contributed by atoms with E-state index in [0.29, 0.717) is 37.6 Å². The molecule has 0 spiro atoms. The number of carbonyl (C=O) groups excluding carboxylic acids is 2. The third-order valence-electron chi connectivity index (χ3n) is 3.12. The molecule has 116 valence electrons. The highest BCUT2D eigenvalue weighted by molar-refractivity contribution is 5.96. The lowest BCUT2D eigenvalue weighted by Gasteiger charge is -2.20. The molecule has 21 heavy (non-hydrogen) atoms. The van der Waals surface area contributed by atoms with E-state index in [1.54, 1.807) is 12.1 Å². The highest BCUT2D eigenvalue weighted by Gasteiger charge is 2.10. The number of rotatable bonds is 9. The molecule has 0 aliphatic rings. The average Bonchev–Trinajstić information content (AvgIpc) is 2.46. The molecule has 1 amide bonds. The quantitative estimate of drug-likeness (QED) is 0.704. The summed E-state index contributed by atoms with van der Waals surface area (Å²) in [6, 6.07) is 7.20. The summed E-state index contributed by atoms with van der Waals surface area (Å²) in [5, 5.41) is 2.78. The Labute approximate surface area is 126 Å². The minimum atomic E-state index is -0.0136. The number of amides is 1. The standard InChI is InChI=1S/C16H24N2O3/c1-4-17-16(20)12-18(5-2)10-11-21-15-9-7-6-8-14(15)13(3)19/h6-9H,4-5,10-12H2,1-3H3,(H,17,20). The van der Waals surface area contributed by atoms with E-state index in [2.05, 4.69) is 5.32 Å². The van der Waals surface area contributed by atoms with Crippen LogP contribution in [0.15, 0.2) is 24.3 Å². The summed E-state index contributed by atoms with van der Waals surface area (Å²) >= 11 is 0. The van der Waals surface area contributed by atoms with E-state index in [9.17, 15) is 9.59 Å². The molecular formula is C16H24N2O3. The Morgan fingerprint density at radius 1 is 1.24 bits per heavy atom. The minimum absolute atomic E-state index is 0.0136. The summed E-state index contributed by atoms with van der Waals surface area (Å²) in [4.78, 5) is 25.0. The third-order valence-corrected chi connectivity index (χ3v) is 3.12. The van der Waals surface area contributed by atoms with Crippen molar-refractivity contribution in [2.75, 3.05) is 32.8 Å². The van der Waals surface area contributed by atoms with E-state index in [1.807, 2.05) is 30.9 Å². The molecule has 0 saturated heterocycles. The van der Waals surface area contributed by atoms with Gasteiger partial charge in [-0.2, -0.15) is 0 Å². The zero-order valence-corrected chi connectivity index (χ0v) is 13.0. The Bertz CT molecular complexity index is 474. The van der Waals surface area contributed by atoms with Gasteiger partial charge in [0.15, 0.2) is 5.78 Å². The second-order valence-corrected chi connectivity index (χ2v) is 4.72. The maximum atomic E-state index is 11.6. The van der Waals surface area contributed by atoms with Gasteiger partial charge in [0.2, 0.25) is 5.91 Å². The minimum Gasteiger partial charge on any atom is -0.491 e. The number of benzene rings is 1. The van der Waals surface area contributed by atoms with Crippen molar-refractivity contribution < 1.29 is 14.3 Å². The summed E-state index contributed by atoms with van der Waals surface area (Å²) < 4.78 is 5.68. The molecule has 0 aliphatic carbocycles. The highest BCUT2D eigenvalue weighted by Crippen LogP contribution is 2.18. The van der Waals surface area contributed by atoms with Crippen molar-refractivity contribution in [2.24, 2.45) is 0 Å². The van der Waals surface area contributed by atoms with Crippen LogP contribution in [0.5, 0.6) is 5.75 Å². The van der Waals surface area contributed by atoms with Gasteiger partial charge in [-0.25, -0.2) is 0 Å². The van der Waals surface area contributed by atoms with Gasteiger partial charge in [-0.05, 0) is 32.5 Å². The Morgan fingerprint density at radius 2 is 1.95 bits per heavy atom. The fraction of sp³-hybridized carbons (Fsp3) is 0.500. The van der Waals surface area contributed by atoms with Crippen LogP contribution >= 0.6 is 0 Å². The van der Waals surface area contributed by atoms with Crippen molar-refractivity contribution in [1.29, 1.82) is 0 Å². The van der Waals surface area contributed by atoms with Crippen LogP contribution in [0.2, 0.25) is 0 Å². The van der Waals surface area contributed by atoms with Gasteiger partial charge in [-0.1, -0.05) is 19.1 Å². The molecule has 0 heterocycles. The maximum Gasteiger partial charge on any atom is 0.234 e. The second-order valence-electron chi connectivity index (χ2n) is 4.72. The number of likely N-dealkylation sites (N-methyl/N-ethyl adjacent to an activating group) is 2. The molecule has 1 N–H and O–H groups in total. The van der Waals surface area contributed by atoms with Gasteiger partial charge in [0, 0.05) is 13.1 Å². The largest absolute Gasteiger partial charge is 0.491 e. The second kappa shape index (κ2) is 9.13. The van der Waals surface area contributed by atoms with Crippen LogP contribution < -0.4 is 10.1 Å². The first kappa shape index (κ1) is 17.2. The fourth-order valence-electron chi connectivity index (χ4n) is 1.97. The van der Waals surface area contributed by atoms with Crippen LogP contribution in [-0.4, -0.2) is 49.4 Å². The van der Waals surface area contributed by atoms with Gasteiger partial charge in [0.05, 0.1) is 12.1 Å². The predicted molar refractivity (Wildman–Crippen MR) is 82.7 cm³/mol. The van der Waals surface area contributed by atoms with Crippen molar-refractivity contribution in [2.45, 2.75) is 20.8 Å². The molecule has 1 rings (SSSR count). The fourth-order valence-corrected chi connectivity index (χ4v) is 1.97. The smallest absolute Gasteiger partial charge is 0.234 e. The number of para-hydroxylation sites is 1. The Hall–Kier alpha value is -1.88. The summed E-state index contributed by atoms with van der Waals surface area (Å²) in [7, 11) is 0. The lowest BCUT2D eigenvalue weighted by atomic mass is 10.1. The number of ketones is 1. The lowest BCUT2D eigenvalue weighted by Crippen LogP contribution is -2.39. The zero-order valence-electron chi connectivity index (χ0n) is 13.0. The van der Waals surface area contributed by atoms with Crippen LogP contribution in [0.4, 0.5) is 0 Å². The van der Waals surface area contributed by atoms with Crippen LogP contribution in [0.25, 0.3) is 0 Å². The van der Waals surface area contributed by atoms with Gasteiger partial charge >= 0.3 is 0 Å². The van der Waals surface area contributed by atoms with Crippen molar-refractivity contribution >= 4 is 11.7 Å². The Kier molecular flexibility index (Phi) is 7.46. The molecule has 0 atom stereocenters. The SMILES string of the molecule is CCNC(=O)CN(CC)CCOc1ccccc1C(C)=O. The van der Waals surface area contributed by atoms with Crippen LogP contribution in [0, 0.1) is 0 Å². The molecule has 0 bridgehead atoms. The monoisotopic (exact) mass is 292 g/mol. The molecule has 5 nitrogen and oxygen atoms in total. The first-order valence-electron chi connectivity index (χ1n) is 7.30. The van der Waals surface area contributed by atoms with Crippen LogP contribution in [0.1, 0.15) is 31.1 Å². The number of hydrogen-bond donors (Lipinski definition) is 1. The molecule has 0 aliphatic heterocycles. The number of hydrogen-bond acceptors (Lipinski definition) is 4. The van der Waals surface area contributed by atoms with Gasteiger partial charge in [-0.3, -0.25) is 14.5 Å². The number of nitrogens with one attached hydrogen (secondary N) is 1. The molecule has 0 unspecified atom stereocenters. The summed E-state index contributed by atoms with van der Waals surface area (Å²) in [6.45, 7) is 8.28. The molecule has 0 fully saturated rings. The average molecular weight is 292 g/mol. The number of nitrogens with zero attached hydrogens (tertiary/aromatic N) is 1. The molecule has 0 saturated carbocycles. The Balaban J connectivity index is 2.48. The zero-order chi connectivity index (χ0) is 15.7. The maximum absolute atomic E-state index is 11.6. The van der Waals surface area contributed by atoms with Gasteiger partial charge in [-0.15, -0.1) is 0 Å². The van der Waals surface area contributed by atoms with E-state index in [-0.39, 0.29) is 11.7 Å². The molecule has 1 aromatic carbocycles. The highest BCUT2D eigenvalue weighted by atomic mass is 16.5. The first-order chi connectivity index (χ1) is 10.1. The number of Topliss-reactive ketones (excluding diaryl/α,β-unsaturated/α-hetero) is 1. The Morgan fingerprint density at radius 3 is 2.57 bits per heavy atom.